The molecule has 1 saturated heterocycles. The summed E-state index contributed by atoms with van der Waals surface area (Å²) in [6, 6.07) is 5.87. The topological polar surface area (TPSA) is 28.4 Å². The highest BCUT2D eigenvalue weighted by atomic mass is 16.3. The summed E-state index contributed by atoms with van der Waals surface area (Å²) in [4.78, 5) is 2.56. The van der Waals surface area contributed by atoms with Gasteiger partial charge in [-0.1, -0.05) is 0 Å². The third-order valence-electron chi connectivity index (χ3n) is 3.87. The van der Waals surface area contributed by atoms with Gasteiger partial charge < -0.3 is 14.6 Å². The molecule has 1 aromatic heterocycles. The largest absolute Gasteiger partial charge is 0.469 e. The van der Waals surface area contributed by atoms with Crippen molar-refractivity contribution in [1.82, 2.24) is 10.2 Å². The van der Waals surface area contributed by atoms with Gasteiger partial charge >= 0.3 is 0 Å². The van der Waals surface area contributed by atoms with Gasteiger partial charge in [0.25, 0.3) is 0 Å². The van der Waals surface area contributed by atoms with Gasteiger partial charge in [0.2, 0.25) is 0 Å². The number of nitrogens with zero attached hydrogens (tertiary/aromatic N) is 1. The van der Waals surface area contributed by atoms with Crippen LogP contribution in [0.25, 0.3) is 0 Å². The van der Waals surface area contributed by atoms with Gasteiger partial charge in [0, 0.05) is 24.5 Å². The van der Waals surface area contributed by atoms with Crippen molar-refractivity contribution in [2.75, 3.05) is 13.1 Å². The van der Waals surface area contributed by atoms with Crippen LogP contribution in [-0.4, -0.2) is 36.1 Å². The molecule has 1 aromatic rings. The van der Waals surface area contributed by atoms with Crippen LogP contribution in [0.1, 0.15) is 39.4 Å². The Morgan fingerprint density at radius 3 is 2.61 bits per heavy atom. The Hall–Kier alpha value is -0.800. The molecule has 0 aliphatic carbocycles. The van der Waals surface area contributed by atoms with E-state index in [9.17, 15) is 0 Å². The third kappa shape index (κ3) is 3.85. The zero-order chi connectivity index (χ0) is 13.0. The lowest BCUT2D eigenvalue weighted by atomic mass is 10.0. The molecule has 0 saturated carbocycles. The molecule has 3 nitrogen and oxygen atoms in total. The Labute approximate surface area is 111 Å². The highest BCUT2D eigenvalue weighted by Crippen LogP contribution is 2.14. The highest BCUT2D eigenvalue weighted by molar-refractivity contribution is 5.00. The van der Waals surface area contributed by atoms with Crippen LogP contribution in [0.4, 0.5) is 0 Å². The fourth-order valence-corrected chi connectivity index (χ4v) is 2.77. The van der Waals surface area contributed by atoms with Crippen molar-refractivity contribution in [3.05, 3.63) is 24.2 Å². The lowest BCUT2D eigenvalue weighted by Crippen LogP contribution is -2.47. The number of hydrogen-bond acceptors (Lipinski definition) is 3. The molecule has 0 radical (unpaired) electrons. The maximum absolute atomic E-state index is 5.39. The van der Waals surface area contributed by atoms with Crippen molar-refractivity contribution in [3.8, 4) is 0 Å². The molecule has 1 N–H and O–H groups in total. The summed E-state index contributed by atoms with van der Waals surface area (Å²) in [7, 11) is 0. The number of nitrogens with one attached hydrogen (secondary N) is 1. The first kappa shape index (κ1) is 13.6. The first-order valence-corrected chi connectivity index (χ1v) is 7.17. The molecule has 2 rings (SSSR count). The van der Waals surface area contributed by atoms with E-state index < -0.39 is 0 Å². The SMILES string of the molecule is CC(Cc1ccco1)NC1CCN(C(C)C)CC1. The predicted molar refractivity (Wildman–Crippen MR) is 74.7 cm³/mol. The van der Waals surface area contributed by atoms with E-state index in [0.717, 1.165) is 12.2 Å². The highest BCUT2D eigenvalue weighted by Gasteiger charge is 2.21. The molecule has 1 aliphatic rings. The van der Waals surface area contributed by atoms with E-state index in [0.29, 0.717) is 18.1 Å². The molecule has 2 heterocycles. The maximum atomic E-state index is 5.39. The Morgan fingerprint density at radius 1 is 1.33 bits per heavy atom. The third-order valence-corrected chi connectivity index (χ3v) is 3.87. The Kier molecular flexibility index (Phi) is 4.84. The minimum absolute atomic E-state index is 0.492. The minimum atomic E-state index is 0.492. The monoisotopic (exact) mass is 250 g/mol. The summed E-state index contributed by atoms with van der Waals surface area (Å²) < 4.78 is 5.39. The summed E-state index contributed by atoms with van der Waals surface area (Å²) >= 11 is 0. The van der Waals surface area contributed by atoms with Crippen LogP contribution >= 0.6 is 0 Å². The van der Waals surface area contributed by atoms with Gasteiger partial charge in [-0.25, -0.2) is 0 Å². The molecule has 0 aromatic carbocycles. The quantitative estimate of drug-likeness (QED) is 0.871. The van der Waals surface area contributed by atoms with E-state index in [1.807, 2.05) is 6.07 Å². The molecule has 1 fully saturated rings. The Bertz CT molecular complexity index is 326. The van der Waals surface area contributed by atoms with E-state index >= 15 is 0 Å². The number of rotatable bonds is 5. The van der Waals surface area contributed by atoms with Crippen LogP contribution in [-0.2, 0) is 6.42 Å². The molecule has 1 aliphatic heterocycles. The van der Waals surface area contributed by atoms with Crippen molar-refractivity contribution in [3.63, 3.8) is 0 Å². The van der Waals surface area contributed by atoms with E-state index in [1.54, 1.807) is 6.26 Å². The maximum Gasteiger partial charge on any atom is 0.105 e. The Balaban J connectivity index is 1.71. The van der Waals surface area contributed by atoms with Crippen LogP contribution in [0, 0.1) is 0 Å². The van der Waals surface area contributed by atoms with Crippen LogP contribution in [0.5, 0.6) is 0 Å². The van der Waals surface area contributed by atoms with Crippen LogP contribution in [0.2, 0.25) is 0 Å². The second-order valence-electron chi connectivity index (χ2n) is 5.76. The number of hydrogen-bond donors (Lipinski definition) is 1. The van der Waals surface area contributed by atoms with Gasteiger partial charge in [0.1, 0.15) is 5.76 Å². The second-order valence-corrected chi connectivity index (χ2v) is 5.76. The zero-order valence-corrected chi connectivity index (χ0v) is 11.9. The summed E-state index contributed by atoms with van der Waals surface area (Å²) in [5.41, 5.74) is 0. The molecule has 1 atom stereocenters. The summed E-state index contributed by atoms with van der Waals surface area (Å²) in [5.74, 6) is 1.08. The first-order valence-electron chi connectivity index (χ1n) is 7.17. The molecule has 18 heavy (non-hydrogen) atoms. The fourth-order valence-electron chi connectivity index (χ4n) is 2.77. The molecule has 0 spiro atoms. The molecule has 3 heteroatoms. The average Bonchev–Trinajstić information content (AvgIpc) is 2.82. The van der Waals surface area contributed by atoms with Gasteiger partial charge in [-0.2, -0.15) is 0 Å². The van der Waals surface area contributed by atoms with Crippen LogP contribution in [0.3, 0.4) is 0 Å². The molecule has 0 amide bonds. The van der Waals surface area contributed by atoms with Gasteiger partial charge in [-0.3, -0.25) is 0 Å². The van der Waals surface area contributed by atoms with Crippen LogP contribution in [0.15, 0.2) is 22.8 Å². The number of piperidine rings is 1. The zero-order valence-electron chi connectivity index (χ0n) is 11.9. The normalized spacial score (nSPS) is 20.4. The lowest BCUT2D eigenvalue weighted by Gasteiger charge is -2.36. The second kappa shape index (κ2) is 6.39. The molecular formula is C15H26N2O. The van der Waals surface area contributed by atoms with Crippen LogP contribution < -0.4 is 5.32 Å². The minimum Gasteiger partial charge on any atom is -0.469 e. The summed E-state index contributed by atoms with van der Waals surface area (Å²) in [5, 5.41) is 3.73. The Morgan fingerprint density at radius 2 is 2.06 bits per heavy atom. The molecular weight excluding hydrogens is 224 g/mol. The van der Waals surface area contributed by atoms with Crippen molar-refractivity contribution in [1.29, 1.82) is 0 Å². The smallest absolute Gasteiger partial charge is 0.105 e. The van der Waals surface area contributed by atoms with Crippen molar-refractivity contribution < 1.29 is 4.42 Å². The number of furan rings is 1. The molecule has 102 valence electrons. The van der Waals surface area contributed by atoms with E-state index in [-0.39, 0.29) is 0 Å². The predicted octanol–water partition coefficient (Wildman–Crippen LogP) is 2.67. The van der Waals surface area contributed by atoms with Gasteiger partial charge in [-0.05, 0) is 58.8 Å². The number of likely N-dealkylation sites (tertiary alicyclic amines) is 1. The van der Waals surface area contributed by atoms with E-state index in [1.165, 1.54) is 25.9 Å². The van der Waals surface area contributed by atoms with Gasteiger partial charge in [-0.15, -0.1) is 0 Å². The average molecular weight is 250 g/mol. The van der Waals surface area contributed by atoms with Gasteiger partial charge in [0.15, 0.2) is 0 Å². The molecule has 1 unspecified atom stereocenters. The van der Waals surface area contributed by atoms with Crippen molar-refractivity contribution >= 4 is 0 Å². The first-order chi connectivity index (χ1) is 8.65. The molecule has 0 bridgehead atoms. The fraction of sp³-hybridized carbons (Fsp3) is 0.733. The van der Waals surface area contributed by atoms with E-state index in [4.69, 9.17) is 4.42 Å². The summed E-state index contributed by atoms with van der Waals surface area (Å²) in [6.45, 7) is 9.27. The summed E-state index contributed by atoms with van der Waals surface area (Å²) in [6.07, 6.45) is 5.27. The van der Waals surface area contributed by atoms with Gasteiger partial charge in [0.05, 0.1) is 6.26 Å². The van der Waals surface area contributed by atoms with E-state index in [2.05, 4.69) is 37.1 Å². The van der Waals surface area contributed by atoms with Crippen molar-refractivity contribution in [2.45, 2.75) is 58.2 Å². The lowest BCUT2D eigenvalue weighted by molar-refractivity contribution is 0.157. The standard InChI is InChI=1S/C15H26N2O/c1-12(2)17-8-6-14(7-9-17)16-13(3)11-15-5-4-10-18-15/h4-5,10,12-14,16H,6-9,11H2,1-3H3. The van der Waals surface area contributed by atoms with Crippen molar-refractivity contribution in [2.24, 2.45) is 0 Å².